The topological polar surface area (TPSA) is 99.6 Å². The molecule has 9 heteroatoms. The van der Waals surface area contributed by atoms with Gasteiger partial charge in [0.25, 0.3) is 5.56 Å². The van der Waals surface area contributed by atoms with E-state index in [1.165, 1.54) is 22.6 Å². The SMILES string of the molecule is O=c1ccn([C@H]2CC[C@@H](/C=C/P(=O)(Oc3ccccc3)Oc3ccccc3)O2)c(=O)[nH]1. The molecule has 0 unspecified atom stereocenters. The second kappa shape index (κ2) is 9.20. The van der Waals surface area contributed by atoms with Crippen LogP contribution in [0.15, 0.2) is 94.4 Å². The zero-order chi connectivity index (χ0) is 21.7. The number of ether oxygens (including phenoxy) is 1. The predicted octanol–water partition coefficient (Wildman–Crippen LogP) is 4.08. The second-order valence-corrected chi connectivity index (χ2v) is 8.66. The highest BCUT2D eigenvalue weighted by Crippen LogP contribution is 2.50. The lowest BCUT2D eigenvalue weighted by atomic mass is 10.2. The molecule has 1 aliphatic heterocycles. The van der Waals surface area contributed by atoms with Crippen molar-refractivity contribution in [2.75, 3.05) is 0 Å². The van der Waals surface area contributed by atoms with Crippen LogP contribution < -0.4 is 20.3 Å². The minimum absolute atomic E-state index is 0.393. The monoisotopic (exact) mass is 440 g/mol. The number of rotatable bonds is 7. The van der Waals surface area contributed by atoms with Crippen molar-refractivity contribution in [2.45, 2.75) is 25.2 Å². The normalized spacial score (nSPS) is 18.8. The standard InChI is InChI=1S/C22H21N2O6P/c25-20-13-15-24(22(26)23-20)21-12-11-17(28-21)14-16-31(27,29-18-7-3-1-4-8-18)30-19-9-5-2-6-10-19/h1-10,13-17,21H,11-12H2,(H,23,25,26)/b16-14+/t17-,21+/m0/s1. The van der Waals surface area contributed by atoms with Crippen LogP contribution in [0.2, 0.25) is 0 Å². The van der Waals surface area contributed by atoms with E-state index in [0.717, 1.165) is 0 Å². The van der Waals surface area contributed by atoms with Crippen molar-refractivity contribution in [1.29, 1.82) is 0 Å². The van der Waals surface area contributed by atoms with Crippen LogP contribution in [0.3, 0.4) is 0 Å². The third-order valence-corrected chi connectivity index (χ3v) is 6.09. The summed E-state index contributed by atoms with van der Waals surface area (Å²) >= 11 is 0. The molecule has 160 valence electrons. The lowest BCUT2D eigenvalue weighted by Gasteiger charge is -2.18. The van der Waals surface area contributed by atoms with Gasteiger partial charge in [0.15, 0.2) is 0 Å². The first-order valence-corrected chi connectivity index (χ1v) is 11.4. The van der Waals surface area contributed by atoms with Gasteiger partial charge >= 0.3 is 13.3 Å². The minimum Gasteiger partial charge on any atom is -0.413 e. The number of H-pyrrole nitrogens is 1. The van der Waals surface area contributed by atoms with Crippen LogP contribution in [0.25, 0.3) is 0 Å². The Kier molecular flexibility index (Phi) is 6.21. The molecule has 3 aromatic rings. The maximum absolute atomic E-state index is 13.5. The molecule has 8 nitrogen and oxygen atoms in total. The van der Waals surface area contributed by atoms with E-state index in [1.807, 2.05) is 12.1 Å². The molecule has 1 N–H and O–H groups in total. The smallest absolute Gasteiger partial charge is 0.413 e. The summed E-state index contributed by atoms with van der Waals surface area (Å²) in [5.74, 6) is 2.21. The lowest BCUT2D eigenvalue weighted by molar-refractivity contribution is 0.0203. The molecule has 0 aliphatic carbocycles. The van der Waals surface area contributed by atoms with Gasteiger partial charge in [-0.15, -0.1) is 0 Å². The highest BCUT2D eigenvalue weighted by Gasteiger charge is 2.29. The fourth-order valence-corrected chi connectivity index (χ4v) is 4.58. The van der Waals surface area contributed by atoms with Gasteiger partial charge in [-0.2, -0.15) is 0 Å². The van der Waals surface area contributed by atoms with Crippen LogP contribution in [0.5, 0.6) is 11.5 Å². The molecule has 1 aromatic heterocycles. The number of nitrogens with one attached hydrogen (secondary N) is 1. The van der Waals surface area contributed by atoms with Gasteiger partial charge in [-0.05, 0) is 43.2 Å². The summed E-state index contributed by atoms with van der Waals surface area (Å²) in [4.78, 5) is 25.4. The minimum atomic E-state index is -3.70. The Morgan fingerprint density at radius 1 is 0.935 bits per heavy atom. The van der Waals surface area contributed by atoms with Crippen LogP contribution in [-0.4, -0.2) is 15.7 Å². The van der Waals surface area contributed by atoms with E-state index in [4.69, 9.17) is 13.8 Å². The van der Waals surface area contributed by atoms with Crippen LogP contribution in [0.1, 0.15) is 19.1 Å². The number of hydrogen-bond donors (Lipinski definition) is 1. The molecule has 0 saturated carbocycles. The third kappa shape index (κ3) is 5.42. The first-order chi connectivity index (χ1) is 15.0. The highest BCUT2D eigenvalue weighted by molar-refractivity contribution is 7.58. The summed E-state index contributed by atoms with van der Waals surface area (Å²) in [6, 6.07) is 18.8. The van der Waals surface area contributed by atoms with Crippen molar-refractivity contribution in [3.05, 3.63) is 106 Å². The molecular formula is C22H21N2O6P. The highest BCUT2D eigenvalue weighted by atomic mass is 31.2. The van der Waals surface area contributed by atoms with Crippen LogP contribution >= 0.6 is 7.60 Å². The molecule has 31 heavy (non-hydrogen) atoms. The van der Waals surface area contributed by atoms with E-state index < -0.39 is 31.2 Å². The van der Waals surface area contributed by atoms with E-state index in [0.29, 0.717) is 24.3 Å². The maximum Gasteiger partial charge on any atom is 0.455 e. The number of aromatic amines is 1. The van der Waals surface area contributed by atoms with E-state index in [1.54, 1.807) is 54.6 Å². The Hall–Kier alpha value is -3.35. The van der Waals surface area contributed by atoms with Crippen molar-refractivity contribution in [3.8, 4) is 11.5 Å². The molecule has 1 fully saturated rings. The van der Waals surface area contributed by atoms with Crippen molar-refractivity contribution in [2.24, 2.45) is 0 Å². The molecule has 2 heterocycles. The number of para-hydroxylation sites is 2. The molecule has 0 bridgehead atoms. The molecular weight excluding hydrogens is 419 g/mol. The van der Waals surface area contributed by atoms with E-state index in [9.17, 15) is 14.2 Å². The summed E-state index contributed by atoms with van der Waals surface area (Å²) in [7, 11) is -3.70. The van der Waals surface area contributed by atoms with Gasteiger partial charge < -0.3 is 13.8 Å². The second-order valence-electron chi connectivity index (χ2n) is 6.91. The van der Waals surface area contributed by atoms with E-state index in [2.05, 4.69) is 4.98 Å². The number of hydrogen-bond acceptors (Lipinski definition) is 6. The number of benzene rings is 2. The van der Waals surface area contributed by atoms with Gasteiger partial charge in [-0.3, -0.25) is 14.3 Å². The zero-order valence-electron chi connectivity index (χ0n) is 16.5. The zero-order valence-corrected chi connectivity index (χ0v) is 17.4. The van der Waals surface area contributed by atoms with Crippen molar-refractivity contribution < 1.29 is 18.3 Å². The fourth-order valence-electron chi connectivity index (χ4n) is 3.18. The lowest BCUT2D eigenvalue weighted by Crippen LogP contribution is -2.31. The Labute approximate surface area is 178 Å². The molecule has 0 spiro atoms. The average molecular weight is 440 g/mol. The quantitative estimate of drug-likeness (QED) is 0.556. The van der Waals surface area contributed by atoms with Crippen molar-refractivity contribution in [1.82, 2.24) is 9.55 Å². The third-order valence-electron chi connectivity index (χ3n) is 4.63. The van der Waals surface area contributed by atoms with Gasteiger partial charge in [-0.1, -0.05) is 36.4 Å². The predicted molar refractivity (Wildman–Crippen MR) is 115 cm³/mol. The molecule has 2 aromatic carbocycles. The fraction of sp³-hybridized carbons (Fsp3) is 0.182. The number of nitrogens with zero attached hydrogens (tertiary/aromatic N) is 1. The number of aromatic nitrogens is 2. The van der Waals surface area contributed by atoms with Crippen molar-refractivity contribution in [3.63, 3.8) is 0 Å². The summed E-state index contributed by atoms with van der Waals surface area (Å²) in [5.41, 5.74) is -1.000. The molecule has 4 rings (SSSR count). The van der Waals surface area contributed by atoms with Crippen LogP contribution in [0.4, 0.5) is 0 Å². The molecule has 1 saturated heterocycles. The molecule has 0 amide bonds. The molecule has 0 radical (unpaired) electrons. The van der Waals surface area contributed by atoms with Gasteiger partial charge in [0.05, 0.1) is 11.9 Å². The van der Waals surface area contributed by atoms with E-state index >= 15 is 0 Å². The van der Waals surface area contributed by atoms with Crippen LogP contribution in [0, 0.1) is 0 Å². The summed E-state index contributed by atoms with van der Waals surface area (Å²) < 4.78 is 32.1. The maximum atomic E-state index is 13.5. The molecule has 1 aliphatic rings. The first-order valence-electron chi connectivity index (χ1n) is 9.76. The van der Waals surface area contributed by atoms with Gasteiger partial charge in [0.1, 0.15) is 17.7 Å². The van der Waals surface area contributed by atoms with Gasteiger partial charge in [0.2, 0.25) is 0 Å². The average Bonchev–Trinajstić information content (AvgIpc) is 3.22. The Balaban J connectivity index is 1.51. The van der Waals surface area contributed by atoms with E-state index in [-0.39, 0.29) is 0 Å². The van der Waals surface area contributed by atoms with Gasteiger partial charge in [-0.25, -0.2) is 9.36 Å². The van der Waals surface area contributed by atoms with Gasteiger partial charge in [0, 0.05) is 12.3 Å². The molecule has 2 atom stereocenters. The summed E-state index contributed by atoms with van der Waals surface area (Å²) in [6.07, 6.45) is 3.27. The Morgan fingerprint density at radius 3 is 2.13 bits per heavy atom. The Bertz CT molecular complexity index is 1160. The summed E-state index contributed by atoms with van der Waals surface area (Å²) in [6.45, 7) is 0. The van der Waals surface area contributed by atoms with Crippen LogP contribution in [-0.2, 0) is 9.30 Å². The first kappa shape index (κ1) is 20.9. The largest absolute Gasteiger partial charge is 0.455 e. The summed E-state index contributed by atoms with van der Waals surface area (Å²) in [5, 5.41) is 0. The van der Waals surface area contributed by atoms with Crippen molar-refractivity contribution >= 4 is 7.60 Å². The Morgan fingerprint density at radius 2 is 1.55 bits per heavy atom.